The predicted molar refractivity (Wildman–Crippen MR) is 85.6 cm³/mol. The summed E-state index contributed by atoms with van der Waals surface area (Å²) in [6.07, 6.45) is 1.02. The molecule has 0 saturated heterocycles. The number of halogens is 2. The molecule has 3 rings (SSSR count). The smallest absolute Gasteiger partial charge is 0.134 e. The van der Waals surface area contributed by atoms with Gasteiger partial charge in [0.2, 0.25) is 0 Å². The van der Waals surface area contributed by atoms with Gasteiger partial charge in [0.05, 0.1) is 4.34 Å². The van der Waals surface area contributed by atoms with Gasteiger partial charge in [-0.05, 0) is 49.4 Å². The van der Waals surface area contributed by atoms with E-state index in [-0.39, 0.29) is 11.9 Å². The molecule has 110 valence electrons. The summed E-state index contributed by atoms with van der Waals surface area (Å²) in [7, 11) is 0. The first kappa shape index (κ1) is 14.6. The average Bonchev–Trinajstić information content (AvgIpc) is 3.05. The summed E-state index contributed by atoms with van der Waals surface area (Å²) in [6.45, 7) is 2.98. The van der Waals surface area contributed by atoms with Crippen LogP contribution in [0.4, 0.5) is 4.39 Å². The van der Waals surface area contributed by atoms with Crippen LogP contribution in [0.25, 0.3) is 11.0 Å². The van der Waals surface area contributed by atoms with Gasteiger partial charge in [-0.1, -0.05) is 18.5 Å². The molecule has 0 amide bonds. The number of furan rings is 1. The highest BCUT2D eigenvalue weighted by atomic mass is 35.5. The number of rotatable bonds is 5. The summed E-state index contributed by atoms with van der Waals surface area (Å²) < 4.78 is 19.9. The molecule has 21 heavy (non-hydrogen) atoms. The van der Waals surface area contributed by atoms with Crippen LogP contribution in [0.2, 0.25) is 4.34 Å². The van der Waals surface area contributed by atoms with Crippen molar-refractivity contribution in [1.29, 1.82) is 0 Å². The first-order valence-electron chi connectivity index (χ1n) is 6.85. The SMILES string of the molecule is CCCNC(c1cc2cc(F)ccc2o1)c1ccc(Cl)s1. The van der Waals surface area contributed by atoms with Crippen LogP contribution in [-0.2, 0) is 0 Å². The third-order valence-electron chi connectivity index (χ3n) is 3.26. The van der Waals surface area contributed by atoms with Gasteiger partial charge in [-0.25, -0.2) is 4.39 Å². The maximum atomic E-state index is 13.3. The van der Waals surface area contributed by atoms with Crippen molar-refractivity contribution < 1.29 is 8.81 Å². The monoisotopic (exact) mass is 323 g/mol. The zero-order chi connectivity index (χ0) is 14.8. The van der Waals surface area contributed by atoms with Crippen LogP contribution in [0.3, 0.4) is 0 Å². The lowest BCUT2D eigenvalue weighted by molar-refractivity contribution is 0.473. The molecule has 1 N–H and O–H groups in total. The van der Waals surface area contributed by atoms with Crippen LogP contribution in [0.5, 0.6) is 0 Å². The Bertz CT molecular complexity index is 752. The quantitative estimate of drug-likeness (QED) is 0.682. The van der Waals surface area contributed by atoms with Crippen molar-refractivity contribution in [2.45, 2.75) is 19.4 Å². The Morgan fingerprint density at radius 2 is 2.14 bits per heavy atom. The summed E-state index contributed by atoms with van der Waals surface area (Å²) in [5, 5.41) is 4.23. The number of benzene rings is 1. The van der Waals surface area contributed by atoms with Crippen LogP contribution < -0.4 is 5.32 Å². The second-order valence-electron chi connectivity index (χ2n) is 4.86. The normalized spacial score (nSPS) is 12.9. The molecule has 0 bridgehead atoms. The lowest BCUT2D eigenvalue weighted by Crippen LogP contribution is -2.21. The lowest BCUT2D eigenvalue weighted by Gasteiger charge is -2.14. The van der Waals surface area contributed by atoms with E-state index in [2.05, 4.69) is 12.2 Å². The van der Waals surface area contributed by atoms with Gasteiger partial charge < -0.3 is 9.73 Å². The van der Waals surface area contributed by atoms with Crippen molar-refractivity contribution in [3.8, 4) is 0 Å². The minimum atomic E-state index is -0.257. The molecule has 0 spiro atoms. The Morgan fingerprint density at radius 3 is 2.86 bits per heavy atom. The summed E-state index contributed by atoms with van der Waals surface area (Å²) >= 11 is 7.56. The van der Waals surface area contributed by atoms with Gasteiger partial charge in [-0.3, -0.25) is 0 Å². The third kappa shape index (κ3) is 3.12. The Balaban J connectivity index is 2.00. The van der Waals surface area contributed by atoms with Gasteiger partial charge in [0.25, 0.3) is 0 Å². The topological polar surface area (TPSA) is 25.2 Å². The fourth-order valence-corrected chi connectivity index (χ4v) is 3.44. The van der Waals surface area contributed by atoms with Crippen molar-refractivity contribution in [3.63, 3.8) is 0 Å². The first-order chi connectivity index (χ1) is 10.2. The zero-order valence-electron chi connectivity index (χ0n) is 11.5. The average molecular weight is 324 g/mol. The van der Waals surface area contributed by atoms with Gasteiger partial charge in [0.1, 0.15) is 23.2 Å². The fourth-order valence-electron chi connectivity index (χ4n) is 2.29. The van der Waals surface area contributed by atoms with E-state index in [9.17, 15) is 4.39 Å². The standard InChI is InChI=1S/C16H15ClFNOS/c1-2-7-19-16(14-5-6-15(17)21-14)13-9-10-8-11(18)3-4-12(10)20-13/h3-6,8-9,16,19H,2,7H2,1H3. The van der Waals surface area contributed by atoms with E-state index in [1.807, 2.05) is 18.2 Å². The zero-order valence-corrected chi connectivity index (χ0v) is 13.1. The first-order valence-corrected chi connectivity index (χ1v) is 8.04. The maximum Gasteiger partial charge on any atom is 0.134 e. The van der Waals surface area contributed by atoms with E-state index in [1.165, 1.54) is 23.5 Å². The number of fused-ring (bicyclic) bond motifs is 1. The fraction of sp³-hybridized carbons (Fsp3) is 0.250. The number of thiophene rings is 1. The molecule has 1 atom stereocenters. The van der Waals surface area contributed by atoms with E-state index < -0.39 is 0 Å². The lowest BCUT2D eigenvalue weighted by atomic mass is 10.1. The van der Waals surface area contributed by atoms with Crippen molar-refractivity contribution >= 4 is 33.9 Å². The van der Waals surface area contributed by atoms with Gasteiger partial charge in [-0.15, -0.1) is 11.3 Å². The van der Waals surface area contributed by atoms with E-state index in [0.717, 1.165) is 33.3 Å². The van der Waals surface area contributed by atoms with Gasteiger partial charge >= 0.3 is 0 Å². The van der Waals surface area contributed by atoms with Crippen LogP contribution >= 0.6 is 22.9 Å². The molecule has 1 unspecified atom stereocenters. The second-order valence-corrected chi connectivity index (χ2v) is 6.61. The summed E-state index contributed by atoms with van der Waals surface area (Å²) in [4.78, 5) is 1.09. The van der Waals surface area contributed by atoms with Crippen molar-refractivity contribution in [1.82, 2.24) is 5.32 Å². The molecule has 2 aromatic heterocycles. The van der Waals surface area contributed by atoms with E-state index in [4.69, 9.17) is 16.0 Å². The highest BCUT2D eigenvalue weighted by Gasteiger charge is 2.20. The molecule has 0 saturated carbocycles. The summed E-state index contributed by atoms with van der Waals surface area (Å²) in [5.74, 6) is 0.523. The van der Waals surface area contributed by atoms with Crippen LogP contribution in [0, 0.1) is 5.82 Å². The van der Waals surface area contributed by atoms with Gasteiger partial charge in [0, 0.05) is 10.3 Å². The van der Waals surface area contributed by atoms with E-state index in [0.29, 0.717) is 5.58 Å². The molecule has 0 radical (unpaired) electrons. The molecule has 5 heteroatoms. The molecular weight excluding hydrogens is 309 g/mol. The van der Waals surface area contributed by atoms with Crippen molar-refractivity contribution in [2.24, 2.45) is 0 Å². The molecule has 0 aliphatic rings. The summed E-state index contributed by atoms with van der Waals surface area (Å²) in [5.41, 5.74) is 0.692. The largest absolute Gasteiger partial charge is 0.459 e. The minimum absolute atomic E-state index is 0.0575. The Kier molecular flexibility index (Phi) is 4.29. The molecule has 2 nitrogen and oxygen atoms in total. The molecule has 3 aromatic rings. The molecular formula is C16H15ClFNOS. The molecule has 1 aromatic carbocycles. The van der Waals surface area contributed by atoms with Crippen molar-refractivity contribution in [2.75, 3.05) is 6.54 Å². The summed E-state index contributed by atoms with van der Waals surface area (Å²) in [6, 6.07) is 10.3. The number of nitrogens with one attached hydrogen (secondary N) is 1. The van der Waals surface area contributed by atoms with Crippen molar-refractivity contribution in [3.05, 3.63) is 57.2 Å². The van der Waals surface area contributed by atoms with Crippen LogP contribution in [-0.4, -0.2) is 6.54 Å². The Morgan fingerprint density at radius 1 is 1.29 bits per heavy atom. The Labute approximate surface area is 131 Å². The highest BCUT2D eigenvalue weighted by molar-refractivity contribution is 7.16. The predicted octanol–water partition coefficient (Wildman–Crippen LogP) is 5.38. The molecule has 0 aliphatic carbocycles. The maximum absolute atomic E-state index is 13.3. The molecule has 2 heterocycles. The molecule has 0 fully saturated rings. The third-order valence-corrected chi connectivity index (χ3v) is 4.55. The second kappa shape index (κ2) is 6.18. The Hall–Kier alpha value is -1.36. The van der Waals surface area contributed by atoms with Crippen LogP contribution in [0.1, 0.15) is 30.0 Å². The highest BCUT2D eigenvalue weighted by Crippen LogP contribution is 2.33. The van der Waals surface area contributed by atoms with E-state index >= 15 is 0 Å². The number of hydrogen-bond acceptors (Lipinski definition) is 3. The number of hydrogen-bond donors (Lipinski definition) is 1. The van der Waals surface area contributed by atoms with E-state index in [1.54, 1.807) is 6.07 Å². The van der Waals surface area contributed by atoms with Gasteiger partial charge in [-0.2, -0.15) is 0 Å². The minimum Gasteiger partial charge on any atom is -0.459 e. The van der Waals surface area contributed by atoms with Crippen LogP contribution in [0.15, 0.2) is 40.8 Å². The van der Waals surface area contributed by atoms with Gasteiger partial charge in [0.15, 0.2) is 0 Å². The molecule has 0 aliphatic heterocycles.